The molecule has 0 aromatic heterocycles. The maximum Gasteiger partial charge on any atom is 0.191 e. The third-order valence-corrected chi connectivity index (χ3v) is 4.88. The van der Waals surface area contributed by atoms with E-state index < -0.39 is 0 Å². The summed E-state index contributed by atoms with van der Waals surface area (Å²) >= 11 is 0. The lowest BCUT2D eigenvalue weighted by molar-refractivity contribution is 0.126. The number of halogens is 1. The van der Waals surface area contributed by atoms with Crippen LogP contribution in [0, 0.1) is 0 Å². The molecule has 5 nitrogen and oxygen atoms in total. The molecule has 0 radical (unpaired) electrons. The van der Waals surface area contributed by atoms with E-state index in [4.69, 9.17) is 0 Å². The van der Waals surface area contributed by atoms with Crippen molar-refractivity contribution in [3.05, 3.63) is 35.9 Å². The minimum atomic E-state index is 0. The van der Waals surface area contributed by atoms with E-state index in [1.807, 2.05) is 7.05 Å². The lowest BCUT2D eigenvalue weighted by Crippen LogP contribution is -2.47. The summed E-state index contributed by atoms with van der Waals surface area (Å²) < 4.78 is 0. The first-order chi connectivity index (χ1) is 12.2. The van der Waals surface area contributed by atoms with Crippen LogP contribution in [0.15, 0.2) is 35.3 Å². The Balaban J connectivity index is 0.00000338. The van der Waals surface area contributed by atoms with Gasteiger partial charge in [-0.2, -0.15) is 0 Å². The van der Waals surface area contributed by atoms with E-state index in [0.29, 0.717) is 6.04 Å². The van der Waals surface area contributed by atoms with E-state index in [1.54, 1.807) is 0 Å². The van der Waals surface area contributed by atoms with E-state index in [9.17, 15) is 0 Å². The van der Waals surface area contributed by atoms with Gasteiger partial charge in [-0.05, 0) is 31.9 Å². The molecular formula is C20H36IN5. The quantitative estimate of drug-likeness (QED) is 0.264. The summed E-state index contributed by atoms with van der Waals surface area (Å²) in [5.74, 6) is 0.919. The lowest BCUT2D eigenvalue weighted by atomic mass is 10.2. The van der Waals surface area contributed by atoms with Crippen LogP contribution in [0.2, 0.25) is 0 Å². The molecule has 1 aliphatic rings. The van der Waals surface area contributed by atoms with E-state index in [0.717, 1.165) is 38.4 Å². The van der Waals surface area contributed by atoms with Crippen LogP contribution in [0.5, 0.6) is 0 Å². The summed E-state index contributed by atoms with van der Waals surface area (Å²) in [6.07, 6.45) is 2.26. The van der Waals surface area contributed by atoms with Gasteiger partial charge in [0.2, 0.25) is 0 Å². The van der Waals surface area contributed by atoms with Gasteiger partial charge >= 0.3 is 0 Å². The minimum absolute atomic E-state index is 0. The Morgan fingerprint density at radius 1 is 1.12 bits per heavy atom. The lowest BCUT2D eigenvalue weighted by Gasteiger charge is -2.34. The van der Waals surface area contributed by atoms with Crippen LogP contribution in [-0.2, 0) is 6.54 Å². The molecule has 0 aliphatic carbocycles. The first kappa shape index (κ1) is 23.2. The van der Waals surface area contributed by atoms with Crippen LogP contribution in [-0.4, -0.2) is 68.1 Å². The van der Waals surface area contributed by atoms with Gasteiger partial charge in [0, 0.05) is 52.4 Å². The van der Waals surface area contributed by atoms with Crippen LogP contribution >= 0.6 is 24.0 Å². The number of guanidine groups is 1. The Morgan fingerprint density at radius 2 is 1.77 bits per heavy atom. The van der Waals surface area contributed by atoms with Crippen LogP contribution in [0.1, 0.15) is 32.3 Å². The second kappa shape index (κ2) is 13.3. The van der Waals surface area contributed by atoms with E-state index in [1.165, 1.54) is 31.7 Å². The summed E-state index contributed by atoms with van der Waals surface area (Å²) in [6.45, 7) is 12.3. The van der Waals surface area contributed by atoms with Gasteiger partial charge in [-0.15, -0.1) is 24.0 Å². The molecule has 6 heteroatoms. The third-order valence-electron chi connectivity index (χ3n) is 4.88. The SMILES string of the molecule is CCC(C)NC(=NC)NCCCN1CCN(Cc2ccccc2)CC1.I. The summed E-state index contributed by atoms with van der Waals surface area (Å²) in [7, 11) is 1.84. The summed E-state index contributed by atoms with van der Waals surface area (Å²) in [5.41, 5.74) is 1.42. The molecule has 0 saturated carbocycles. The molecule has 1 aromatic carbocycles. The van der Waals surface area contributed by atoms with Crippen molar-refractivity contribution in [2.24, 2.45) is 4.99 Å². The number of piperazine rings is 1. The highest BCUT2D eigenvalue weighted by Crippen LogP contribution is 2.08. The molecule has 148 valence electrons. The van der Waals surface area contributed by atoms with Crippen molar-refractivity contribution in [2.75, 3.05) is 46.3 Å². The maximum atomic E-state index is 4.28. The average Bonchev–Trinajstić information content (AvgIpc) is 2.66. The number of benzene rings is 1. The molecule has 0 amide bonds. The Morgan fingerprint density at radius 3 is 2.38 bits per heavy atom. The summed E-state index contributed by atoms with van der Waals surface area (Å²) in [5, 5.41) is 6.82. The van der Waals surface area contributed by atoms with Crippen LogP contribution in [0.25, 0.3) is 0 Å². The number of hydrogen-bond acceptors (Lipinski definition) is 3. The Kier molecular flexibility index (Phi) is 11.9. The standard InChI is InChI=1S/C20H35N5.HI/c1-4-18(2)23-20(21-3)22-11-8-12-24-13-15-25(16-14-24)17-19-9-6-5-7-10-19;/h5-7,9-10,18H,4,8,11-17H2,1-3H3,(H2,21,22,23);1H. The van der Waals surface area contributed by atoms with Gasteiger partial charge in [0.1, 0.15) is 0 Å². The van der Waals surface area contributed by atoms with E-state index >= 15 is 0 Å². The fourth-order valence-electron chi connectivity index (χ4n) is 3.05. The number of nitrogens with zero attached hydrogens (tertiary/aromatic N) is 3. The molecule has 2 N–H and O–H groups in total. The smallest absolute Gasteiger partial charge is 0.191 e. The molecule has 1 unspecified atom stereocenters. The first-order valence-electron chi connectivity index (χ1n) is 9.67. The zero-order valence-electron chi connectivity index (χ0n) is 16.6. The van der Waals surface area contributed by atoms with Crippen molar-refractivity contribution in [1.29, 1.82) is 0 Å². The zero-order chi connectivity index (χ0) is 17.9. The van der Waals surface area contributed by atoms with Gasteiger partial charge in [-0.3, -0.25) is 9.89 Å². The van der Waals surface area contributed by atoms with Crippen molar-refractivity contribution in [3.63, 3.8) is 0 Å². The zero-order valence-corrected chi connectivity index (χ0v) is 18.9. The number of aliphatic imine (C=N–C) groups is 1. The van der Waals surface area contributed by atoms with Crippen LogP contribution in [0.3, 0.4) is 0 Å². The van der Waals surface area contributed by atoms with Gasteiger partial charge < -0.3 is 15.5 Å². The van der Waals surface area contributed by atoms with Crippen molar-refractivity contribution in [2.45, 2.75) is 39.3 Å². The van der Waals surface area contributed by atoms with Crippen LogP contribution in [0.4, 0.5) is 0 Å². The molecule has 2 rings (SSSR count). The summed E-state index contributed by atoms with van der Waals surface area (Å²) in [6, 6.07) is 11.2. The summed E-state index contributed by atoms with van der Waals surface area (Å²) in [4.78, 5) is 9.42. The van der Waals surface area contributed by atoms with Crippen molar-refractivity contribution in [1.82, 2.24) is 20.4 Å². The Hall–Kier alpha value is -0.860. The molecule has 1 aliphatic heterocycles. The van der Waals surface area contributed by atoms with Crippen molar-refractivity contribution < 1.29 is 0 Å². The predicted octanol–water partition coefficient (Wildman–Crippen LogP) is 2.78. The highest BCUT2D eigenvalue weighted by Gasteiger charge is 2.16. The second-order valence-electron chi connectivity index (χ2n) is 6.91. The molecular weight excluding hydrogens is 437 g/mol. The predicted molar refractivity (Wildman–Crippen MR) is 122 cm³/mol. The first-order valence-corrected chi connectivity index (χ1v) is 9.67. The number of rotatable bonds is 8. The molecule has 1 fully saturated rings. The second-order valence-corrected chi connectivity index (χ2v) is 6.91. The molecule has 1 saturated heterocycles. The van der Waals surface area contributed by atoms with E-state index in [2.05, 4.69) is 69.6 Å². The Bertz CT molecular complexity index is 500. The van der Waals surface area contributed by atoms with Gasteiger partial charge in [0.15, 0.2) is 5.96 Å². The fourth-order valence-corrected chi connectivity index (χ4v) is 3.05. The Labute approximate surface area is 176 Å². The molecule has 1 aromatic rings. The molecule has 0 spiro atoms. The highest BCUT2D eigenvalue weighted by molar-refractivity contribution is 14.0. The molecule has 26 heavy (non-hydrogen) atoms. The largest absolute Gasteiger partial charge is 0.356 e. The molecule has 0 bridgehead atoms. The van der Waals surface area contributed by atoms with Gasteiger partial charge in [-0.25, -0.2) is 0 Å². The number of hydrogen-bond donors (Lipinski definition) is 2. The minimum Gasteiger partial charge on any atom is -0.356 e. The van der Waals surface area contributed by atoms with Gasteiger partial charge in [0.25, 0.3) is 0 Å². The number of nitrogens with one attached hydrogen (secondary N) is 2. The molecule has 1 heterocycles. The third kappa shape index (κ3) is 8.68. The normalized spacial score (nSPS) is 17.4. The topological polar surface area (TPSA) is 42.9 Å². The van der Waals surface area contributed by atoms with E-state index in [-0.39, 0.29) is 24.0 Å². The monoisotopic (exact) mass is 473 g/mol. The fraction of sp³-hybridized carbons (Fsp3) is 0.650. The molecule has 1 atom stereocenters. The average molecular weight is 473 g/mol. The maximum absolute atomic E-state index is 4.28. The van der Waals surface area contributed by atoms with Crippen molar-refractivity contribution in [3.8, 4) is 0 Å². The van der Waals surface area contributed by atoms with Crippen molar-refractivity contribution >= 4 is 29.9 Å². The van der Waals surface area contributed by atoms with Gasteiger partial charge in [0.05, 0.1) is 0 Å². The van der Waals surface area contributed by atoms with Gasteiger partial charge in [-0.1, -0.05) is 37.3 Å². The highest BCUT2D eigenvalue weighted by atomic mass is 127. The van der Waals surface area contributed by atoms with Crippen LogP contribution < -0.4 is 10.6 Å².